The Morgan fingerprint density at radius 2 is 2.08 bits per heavy atom. The van der Waals surface area contributed by atoms with Gasteiger partial charge in [-0.25, -0.2) is 9.59 Å². The third kappa shape index (κ3) is 2.88. The molecule has 1 atom stereocenters. The van der Waals surface area contributed by atoms with Crippen molar-refractivity contribution < 1.29 is 23.6 Å². The Bertz CT molecular complexity index is 709. The average molecular weight is 350 g/mol. The molecule has 0 radical (unpaired) electrons. The van der Waals surface area contributed by atoms with E-state index < -0.39 is 17.5 Å². The van der Waals surface area contributed by atoms with Crippen LogP contribution in [0.15, 0.2) is 4.52 Å². The number of hydrogen-bond donors (Lipinski definition) is 2. The minimum atomic E-state index is -0.935. The van der Waals surface area contributed by atoms with E-state index in [1.165, 1.54) is 7.11 Å². The van der Waals surface area contributed by atoms with Gasteiger partial charge in [-0.15, -0.1) is 0 Å². The zero-order valence-corrected chi connectivity index (χ0v) is 14.5. The highest BCUT2D eigenvalue weighted by Gasteiger charge is 2.52. The normalized spacial score (nSPS) is 24.5. The smallest absolute Gasteiger partial charge is 0.360 e. The number of piperidine rings is 1. The van der Waals surface area contributed by atoms with E-state index in [0.29, 0.717) is 11.3 Å². The maximum Gasteiger partial charge on any atom is 0.360 e. The van der Waals surface area contributed by atoms with Gasteiger partial charge in [0.2, 0.25) is 0 Å². The van der Waals surface area contributed by atoms with Crippen LogP contribution >= 0.6 is 0 Å². The summed E-state index contributed by atoms with van der Waals surface area (Å²) < 4.78 is 9.71. The van der Waals surface area contributed by atoms with Crippen molar-refractivity contribution >= 4 is 17.9 Å². The fourth-order valence-electron chi connectivity index (χ4n) is 3.53. The van der Waals surface area contributed by atoms with Crippen molar-refractivity contribution in [1.29, 1.82) is 0 Å². The molecule has 3 amide bonds. The molecule has 0 bridgehead atoms. The van der Waals surface area contributed by atoms with E-state index in [9.17, 15) is 14.4 Å². The number of nitrogens with one attached hydrogen (secondary N) is 2. The minimum Gasteiger partial charge on any atom is -0.464 e. The number of imide groups is 1. The van der Waals surface area contributed by atoms with E-state index in [2.05, 4.69) is 20.5 Å². The number of urea groups is 1. The van der Waals surface area contributed by atoms with Crippen LogP contribution in [-0.2, 0) is 16.1 Å². The van der Waals surface area contributed by atoms with E-state index in [1.54, 1.807) is 13.8 Å². The molecule has 2 aliphatic rings. The topological polar surface area (TPSA) is 114 Å². The molecule has 2 aliphatic heterocycles. The van der Waals surface area contributed by atoms with Gasteiger partial charge in [0, 0.05) is 5.56 Å². The Morgan fingerprint density at radius 3 is 2.72 bits per heavy atom. The highest BCUT2D eigenvalue weighted by atomic mass is 16.5. The number of esters is 1. The molecular formula is C16H22N4O5. The van der Waals surface area contributed by atoms with Gasteiger partial charge in [-0.1, -0.05) is 5.16 Å². The number of methoxy groups -OCH3 is 1. The minimum absolute atomic E-state index is 0.0175. The molecule has 2 N–H and O–H groups in total. The van der Waals surface area contributed by atoms with Crippen LogP contribution in [0.2, 0.25) is 0 Å². The number of aryl methyl sites for hydroxylation is 1. The van der Waals surface area contributed by atoms with E-state index in [-0.39, 0.29) is 24.1 Å². The van der Waals surface area contributed by atoms with Crippen LogP contribution in [0, 0.1) is 12.8 Å². The van der Waals surface area contributed by atoms with Gasteiger partial charge in [0.05, 0.1) is 13.7 Å². The van der Waals surface area contributed by atoms with Crippen LogP contribution in [0.3, 0.4) is 0 Å². The third-order valence-corrected chi connectivity index (χ3v) is 5.14. The van der Waals surface area contributed by atoms with Crippen LogP contribution in [0.4, 0.5) is 4.79 Å². The molecule has 1 unspecified atom stereocenters. The fourth-order valence-corrected chi connectivity index (χ4v) is 3.53. The second kappa shape index (κ2) is 6.47. The van der Waals surface area contributed by atoms with Crippen molar-refractivity contribution in [2.75, 3.05) is 20.2 Å². The Balaban J connectivity index is 1.84. The van der Waals surface area contributed by atoms with E-state index in [4.69, 9.17) is 4.52 Å². The molecule has 9 nitrogen and oxygen atoms in total. The largest absolute Gasteiger partial charge is 0.464 e. The molecule has 1 aromatic rings. The van der Waals surface area contributed by atoms with Crippen molar-refractivity contribution in [1.82, 2.24) is 20.7 Å². The number of carbonyl (C=O) groups is 3. The molecule has 0 saturated carbocycles. The van der Waals surface area contributed by atoms with Gasteiger partial charge in [0.25, 0.3) is 5.91 Å². The number of rotatable bonds is 4. The summed E-state index contributed by atoms with van der Waals surface area (Å²) in [5.74, 6) is -0.517. The highest BCUT2D eigenvalue weighted by Crippen LogP contribution is 2.33. The molecule has 3 heterocycles. The molecule has 0 spiro atoms. The summed E-state index contributed by atoms with van der Waals surface area (Å²) in [6.45, 7) is 4.95. The van der Waals surface area contributed by atoms with E-state index >= 15 is 0 Å². The first kappa shape index (κ1) is 17.4. The zero-order valence-electron chi connectivity index (χ0n) is 14.5. The Hall–Kier alpha value is -2.42. The van der Waals surface area contributed by atoms with Gasteiger partial charge < -0.3 is 19.9 Å². The molecular weight excluding hydrogens is 328 g/mol. The Morgan fingerprint density at radius 1 is 1.40 bits per heavy atom. The Kier molecular flexibility index (Phi) is 4.51. The predicted molar refractivity (Wildman–Crippen MR) is 85.7 cm³/mol. The monoisotopic (exact) mass is 350 g/mol. The second-order valence-electron chi connectivity index (χ2n) is 6.61. The first-order chi connectivity index (χ1) is 11.9. The van der Waals surface area contributed by atoms with Crippen LogP contribution in [-0.4, -0.2) is 53.7 Å². The van der Waals surface area contributed by atoms with Crippen LogP contribution < -0.4 is 10.6 Å². The maximum atomic E-state index is 13.0. The molecule has 1 aromatic heterocycles. The summed E-state index contributed by atoms with van der Waals surface area (Å²) in [5.41, 5.74) is -0.573. The number of nitrogens with zero attached hydrogens (tertiary/aromatic N) is 2. The van der Waals surface area contributed by atoms with Gasteiger partial charge in [0.15, 0.2) is 5.69 Å². The summed E-state index contributed by atoms with van der Waals surface area (Å²) in [6.07, 6.45) is 1.63. The second-order valence-corrected chi connectivity index (χ2v) is 6.61. The van der Waals surface area contributed by atoms with Crippen LogP contribution in [0.1, 0.15) is 41.6 Å². The van der Waals surface area contributed by atoms with E-state index in [0.717, 1.165) is 30.8 Å². The van der Waals surface area contributed by atoms with Crippen LogP contribution in [0.5, 0.6) is 0 Å². The molecule has 2 saturated heterocycles. The van der Waals surface area contributed by atoms with Gasteiger partial charge in [-0.3, -0.25) is 9.69 Å². The zero-order chi connectivity index (χ0) is 18.2. The standard InChI is InChI=1S/C16H22N4O5/c1-9-11(12(19-25-9)13(21)24-3)8-20-14(22)16(2,18-15(20)23)10-4-6-17-7-5-10/h10,17H,4-8H2,1-3H3,(H,18,23). The van der Waals surface area contributed by atoms with Crippen molar-refractivity contribution in [2.24, 2.45) is 5.92 Å². The van der Waals surface area contributed by atoms with Gasteiger partial charge >= 0.3 is 12.0 Å². The molecule has 9 heteroatoms. The number of ether oxygens (including phenoxy) is 1. The predicted octanol–water partition coefficient (Wildman–Crippen LogP) is 0.580. The molecule has 0 aliphatic carbocycles. The average Bonchev–Trinajstić information content (AvgIpc) is 3.08. The first-order valence-electron chi connectivity index (χ1n) is 8.26. The number of hydrogen-bond acceptors (Lipinski definition) is 7. The summed E-state index contributed by atoms with van der Waals surface area (Å²) in [5, 5.41) is 9.77. The summed E-state index contributed by atoms with van der Waals surface area (Å²) >= 11 is 0. The summed E-state index contributed by atoms with van der Waals surface area (Å²) in [6, 6.07) is -0.470. The molecule has 3 rings (SSSR count). The summed E-state index contributed by atoms with van der Waals surface area (Å²) in [4.78, 5) is 38.3. The number of aromatic nitrogens is 1. The Labute approximate surface area is 145 Å². The fraction of sp³-hybridized carbons (Fsp3) is 0.625. The lowest BCUT2D eigenvalue weighted by Crippen LogP contribution is -2.53. The van der Waals surface area contributed by atoms with Crippen molar-refractivity contribution in [3.05, 3.63) is 17.0 Å². The van der Waals surface area contributed by atoms with E-state index in [1.807, 2.05) is 0 Å². The molecule has 2 fully saturated rings. The first-order valence-corrected chi connectivity index (χ1v) is 8.26. The quantitative estimate of drug-likeness (QED) is 0.603. The third-order valence-electron chi connectivity index (χ3n) is 5.14. The molecule has 136 valence electrons. The van der Waals surface area contributed by atoms with Gasteiger partial charge in [-0.05, 0) is 45.7 Å². The SMILES string of the molecule is COC(=O)c1noc(C)c1CN1C(=O)NC(C)(C2CCNCC2)C1=O. The van der Waals surface area contributed by atoms with Crippen molar-refractivity contribution in [3.8, 4) is 0 Å². The lowest BCUT2D eigenvalue weighted by atomic mass is 9.79. The number of carbonyl (C=O) groups excluding carboxylic acids is 3. The van der Waals surface area contributed by atoms with Crippen molar-refractivity contribution in [2.45, 2.75) is 38.8 Å². The highest BCUT2D eigenvalue weighted by molar-refractivity contribution is 6.07. The molecule has 0 aromatic carbocycles. The summed E-state index contributed by atoms with van der Waals surface area (Å²) in [7, 11) is 1.23. The lowest BCUT2D eigenvalue weighted by molar-refractivity contribution is -0.133. The van der Waals surface area contributed by atoms with Crippen LogP contribution in [0.25, 0.3) is 0 Å². The lowest BCUT2D eigenvalue weighted by Gasteiger charge is -2.34. The number of amides is 3. The van der Waals surface area contributed by atoms with Crippen molar-refractivity contribution in [3.63, 3.8) is 0 Å². The van der Waals surface area contributed by atoms with Gasteiger partial charge in [0.1, 0.15) is 11.3 Å². The van der Waals surface area contributed by atoms with Gasteiger partial charge in [-0.2, -0.15) is 0 Å². The maximum absolute atomic E-state index is 13.0. The molecule has 25 heavy (non-hydrogen) atoms.